The first kappa shape index (κ1) is 24.5. The van der Waals surface area contributed by atoms with Crippen LogP contribution in [0.25, 0.3) is 0 Å². The second kappa shape index (κ2) is 11.7. The van der Waals surface area contributed by atoms with E-state index in [9.17, 15) is 4.79 Å². The van der Waals surface area contributed by atoms with Crippen LogP contribution in [0, 0.1) is 6.92 Å². The highest BCUT2D eigenvalue weighted by Gasteiger charge is 2.25. The average molecular weight is 489 g/mol. The van der Waals surface area contributed by atoms with E-state index in [1.54, 1.807) is 0 Å². The summed E-state index contributed by atoms with van der Waals surface area (Å²) >= 11 is 7.80. The van der Waals surface area contributed by atoms with E-state index in [0.29, 0.717) is 29.0 Å². The summed E-state index contributed by atoms with van der Waals surface area (Å²) in [7, 11) is 0. The van der Waals surface area contributed by atoms with E-state index in [1.165, 1.54) is 34.6 Å². The molecule has 2 aromatic carbocycles. The van der Waals surface area contributed by atoms with Crippen LogP contribution in [0.1, 0.15) is 27.2 Å². The number of thioether (sulfide) groups is 1. The number of benzene rings is 2. The van der Waals surface area contributed by atoms with Crippen molar-refractivity contribution in [1.82, 2.24) is 19.8 Å². The Hall–Kier alpha value is -2.12. The fraction of sp³-hybridized carbons (Fsp3) is 0.292. The molecule has 1 aromatic heterocycles. The van der Waals surface area contributed by atoms with Gasteiger partial charge in [0.1, 0.15) is 0 Å². The van der Waals surface area contributed by atoms with E-state index in [1.807, 2.05) is 11.0 Å². The van der Waals surface area contributed by atoms with Gasteiger partial charge in [0.05, 0.1) is 11.2 Å². The summed E-state index contributed by atoms with van der Waals surface area (Å²) in [5.74, 6) is 0.622. The summed E-state index contributed by atoms with van der Waals surface area (Å²) < 4.78 is 0. The Morgan fingerprint density at radius 1 is 1.00 bits per heavy atom. The van der Waals surface area contributed by atoms with Gasteiger partial charge in [0.2, 0.25) is 0 Å². The van der Waals surface area contributed by atoms with Crippen molar-refractivity contribution in [2.24, 2.45) is 0 Å². The van der Waals surface area contributed by atoms with Gasteiger partial charge in [-0.25, -0.2) is 9.97 Å². The first-order chi connectivity index (χ1) is 15.1. The lowest BCUT2D eigenvalue weighted by molar-refractivity contribution is 0.0622. The molecule has 3 aromatic rings. The highest BCUT2D eigenvalue weighted by molar-refractivity contribution is 7.98. The molecule has 1 fully saturated rings. The van der Waals surface area contributed by atoms with Gasteiger partial charge in [-0.15, -0.1) is 12.4 Å². The Morgan fingerprint density at radius 2 is 1.69 bits per heavy atom. The second-order valence-corrected chi connectivity index (χ2v) is 9.03. The van der Waals surface area contributed by atoms with E-state index in [0.717, 1.165) is 25.4 Å². The number of aryl methyl sites for hydroxylation is 1. The molecule has 1 aliphatic rings. The molecule has 8 heteroatoms. The topological polar surface area (TPSA) is 49.3 Å². The summed E-state index contributed by atoms with van der Waals surface area (Å²) in [6, 6.07) is 18.8. The Bertz CT molecular complexity index is 1030. The Balaban J connectivity index is 0.00000289. The first-order valence-corrected chi connectivity index (χ1v) is 11.7. The minimum Gasteiger partial charge on any atom is -0.335 e. The highest BCUT2D eigenvalue weighted by Crippen LogP contribution is 2.23. The van der Waals surface area contributed by atoms with Crippen LogP contribution in [0.15, 0.2) is 66.0 Å². The van der Waals surface area contributed by atoms with Crippen LogP contribution in [-0.4, -0.2) is 51.9 Å². The lowest BCUT2D eigenvalue weighted by Gasteiger charge is -2.34. The summed E-state index contributed by atoms with van der Waals surface area (Å²) in [5, 5.41) is 0.868. The van der Waals surface area contributed by atoms with E-state index >= 15 is 0 Å². The van der Waals surface area contributed by atoms with E-state index in [-0.39, 0.29) is 18.3 Å². The minimum absolute atomic E-state index is 0. The molecule has 4 rings (SSSR count). The van der Waals surface area contributed by atoms with E-state index in [2.05, 4.69) is 70.3 Å². The van der Waals surface area contributed by atoms with Crippen molar-refractivity contribution in [2.75, 3.05) is 26.2 Å². The molecule has 0 unspecified atom stereocenters. The number of amides is 1. The lowest BCUT2D eigenvalue weighted by atomic mass is 10.2. The molecule has 1 aliphatic heterocycles. The highest BCUT2D eigenvalue weighted by atomic mass is 35.5. The number of nitrogens with zero attached hydrogens (tertiary/aromatic N) is 4. The molecule has 1 amide bonds. The third-order valence-corrected chi connectivity index (χ3v) is 6.53. The molecule has 168 valence electrons. The van der Waals surface area contributed by atoms with Gasteiger partial charge >= 0.3 is 0 Å². The predicted molar refractivity (Wildman–Crippen MR) is 133 cm³/mol. The molecular weight excluding hydrogens is 463 g/mol. The molecule has 0 atom stereocenters. The van der Waals surface area contributed by atoms with Crippen molar-refractivity contribution in [3.63, 3.8) is 0 Å². The van der Waals surface area contributed by atoms with Crippen molar-refractivity contribution >= 4 is 41.7 Å². The standard InChI is InChI=1S/C24H25ClN4OS.ClH/c1-18-7-9-20(10-8-18)17-31-24-26-15-21(25)22(27-24)23(30)29-13-11-28(12-14-29)16-19-5-3-2-4-6-19;/h2-10,15H,11-14,16-17H2,1H3;1H. The van der Waals surface area contributed by atoms with Crippen LogP contribution >= 0.6 is 35.8 Å². The average Bonchev–Trinajstić information content (AvgIpc) is 2.80. The van der Waals surface area contributed by atoms with Crippen molar-refractivity contribution in [3.05, 3.63) is 88.2 Å². The molecule has 2 heterocycles. The number of hydrogen-bond donors (Lipinski definition) is 0. The van der Waals surface area contributed by atoms with Crippen LogP contribution in [-0.2, 0) is 12.3 Å². The molecule has 32 heavy (non-hydrogen) atoms. The van der Waals surface area contributed by atoms with Crippen LogP contribution in [0.2, 0.25) is 5.02 Å². The first-order valence-electron chi connectivity index (χ1n) is 10.3. The van der Waals surface area contributed by atoms with Crippen LogP contribution in [0.5, 0.6) is 0 Å². The molecular formula is C24H26Cl2N4OS. The zero-order chi connectivity index (χ0) is 21.6. The van der Waals surface area contributed by atoms with Gasteiger partial charge in [-0.3, -0.25) is 9.69 Å². The van der Waals surface area contributed by atoms with Gasteiger partial charge in [-0.2, -0.15) is 0 Å². The molecule has 0 aliphatic carbocycles. The lowest BCUT2D eigenvalue weighted by Crippen LogP contribution is -2.48. The second-order valence-electron chi connectivity index (χ2n) is 7.68. The Morgan fingerprint density at radius 3 is 2.38 bits per heavy atom. The van der Waals surface area contributed by atoms with Crippen LogP contribution in [0.3, 0.4) is 0 Å². The fourth-order valence-corrected chi connectivity index (χ4v) is 4.45. The number of halogens is 2. The minimum atomic E-state index is -0.121. The van der Waals surface area contributed by atoms with Crippen molar-refractivity contribution in [2.45, 2.75) is 24.4 Å². The largest absolute Gasteiger partial charge is 0.335 e. The molecule has 0 N–H and O–H groups in total. The Kier molecular flexibility index (Phi) is 8.93. The zero-order valence-electron chi connectivity index (χ0n) is 17.9. The molecule has 0 radical (unpaired) electrons. The Labute approximate surface area is 204 Å². The fourth-order valence-electron chi connectivity index (χ4n) is 3.50. The van der Waals surface area contributed by atoms with E-state index < -0.39 is 0 Å². The summed E-state index contributed by atoms with van der Waals surface area (Å²) in [6.07, 6.45) is 1.53. The monoisotopic (exact) mass is 488 g/mol. The molecule has 1 saturated heterocycles. The summed E-state index contributed by atoms with van der Waals surface area (Å²) in [4.78, 5) is 26.1. The quantitative estimate of drug-likeness (QED) is 0.356. The predicted octanol–water partition coefficient (Wildman–Crippen LogP) is 5.11. The molecule has 5 nitrogen and oxygen atoms in total. The molecule has 0 saturated carbocycles. The number of carbonyl (C=O) groups excluding carboxylic acids is 1. The van der Waals surface area contributed by atoms with Gasteiger partial charge in [-0.05, 0) is 18.1 Å². The molecule has 0 bridgehead atoms. The number of aromatic nitrogens is 2. The normalized spacial score (nSPS) is 14.1. The van der Waals surface area contributed by atoms with Crippen molar-refractivity contribution in [1.29, 1.82) is 0 Å². The van der Waals surface area contributed by atoms with Crippen LogP contribution in [0.4, 0.5) is 0 Å². The summed E-state index contributed by atoms with van der Waals surface area (Å²) in [5.41, 5.74) is 4.00. The van der Waals surface area contributed by atoms with Crippen molar-refractivity contribution in [3.8, 4) is 0 Å². The van der Waals surface area contributed by atoms with Gasteiger partial charge in [-0.1, -0.05) is 83.5 Å². The molecule has 0 spiro atoms. The third-order valence-electron chi connectivity index (χ3n) is 5.32. The maximum atomic E-state index is 13.1. The zero-order valence-corrected chi connectivity index (χ0v) is 20.3. The van der Waals surface area contributed by atoms with Gasteiger partial charge in [0.25, 0.3) is 5.91 Å². The summed E-state index contributed by atoms with van der Waals surface area (Å²) in [6.45, 7) is 5.96. The SMILES string of the molecule is Cc1ccc(CSc2ncc(Cl)c(C(=O)N3CCN(Cc4ccccc4)CC3)n2)cc1.Cl. The number of piperazine rings is 1. The number of hydrogen-bond acceptors (Lipinski definition) is 5. The van der Waals surface area contributed by atoms with Crippen molar-refractivity contribution < 1.29 is 4.79 Å². The maximum Gasteiger partial charge on any atom is 0.274 e. The van der Waals surface area contributed by atoms with Gasteiger partial charge in [0.15, 0.2) is 10.9 Å². The van der Waals surface area contributed by atoms with E-state index in [4.69, 9.17) is 11.6 Å². The number of rotatable bonds is 6. The maximum absolute atomic E-state index is 13.1. The van der Waals surface area contributed by atoms with Gasteiger partial charge < -0.3 is 4.90 Å². The third kappa shape index (κ3) is 6.45. The number of carbonyl (C=O) groups is 1. The van der Waals surface area contributed by atoms with Gasteiger partial charge in [0, 0.05) is 38.5 Å². The smallest absolute Gasteiger partial charge is 0.274 e. The van der Waals surface area contributed by atoms with Crippen LogP contribution < -0.4 is 0 Å².